The number of nitrogens with one attached hydrogen (secondary N) is 1. The molecule has 0 saturated carbocycles. The molecule has 0 saturated heterocycles. The van der Waals surface area contributed by atoms with Gasteiger partial charge >= 0.3 is 0 Å². The maximum atomic E-state index is 7.06. The van der Waals surface area contributed by atoms with Crippen LogP contribution in [-0.4, -0.2) is 6.21 Å². The smallest absolute Gasteiger partial charge is 0.0270 e. The summed E-state index contributed by atoms with van der Waals surface area (Å²) in [6.45, 7) is 5.40. The summed E-state index contributed by atoms with van der Waals surface area (Å²) < 4.78 is 0. The summed E-state index contributed by atoms with van der Waals surface area (Å²) in [6.07, 6.45) is 1.22. The molecule has 0 aliphatic carbocycles. The SMILES string of the molecule is CC(N)=C(C=N)/C(C)=C(/C)N. The Morgan fingerprint density at radius 2 is 1.55 bits per heavy atom. The summed E-state index contributed by atoms with van der Waals surface area (Å²) in [7, 11) is 0. The second kappa shape index (κ2) is 3.81. The Morgan fingerprint density at radius 3 is 1.64 bits per heavy atom. The minimum Gasteiger partial charge on any atom is -0.402 e. The number of hydrogen-bond acceptors (Lipinski definition) is 3. The third kappa shape index (κ3) is 2.45. The summed E-state index contributed by atoms with van der Waals surface area (Å²) in [6, 6.07) is 0. The van der Waals surface area contributed by atoms with Crippen molar-refractivity contribution in [2.24, 2.45) is 11.5 Å². The molecule has 0 amide bonds. The van der Waals surface area contributed by atoms with Gasteiger partial charge in [-0.25, -0.2) is 0 Å². The van der Waals surface area contributed by atoms with Crippen molar-refractivity contribution in [1.29, 1.82) is 5.41 Å². The Balaban J connectivity index is 4.99. The monoisotopic (exact) mass is 153 g/mol. The van der Waals surface area contributed by atoms with E-state index in [1.54, 1.807) is 13.8 Å². The van der Waals surface area contributed by atoms with Gasteiger partial charge in [0.15, 0.2) is 0 Å². The highest BCUT2D eigenvalue weighted by Gasteiger charge is 2.00. The van der Waals surface area contributed by atoms with Crippen LogP contribution in [0.3, 0.4) is 0 Å². The Bertz CT molecular complexity index is 215. The number of hydrogen-bond donors (Lipinski definition) is 3. The molecule has 0 radical (unpaired) electrons. The van der Waals surface area contributed by atoms with Crippen LogP contribution in [0.1, 0.15) is 20.8 Å². The summed E-state index contributed by atoms with van der Waals surface area (Å²) >= 11 is 0. The Hall–Kier alpha value is -1.25. The van der Waals surface area contributed by atoms with Crippen molar-refractivity contribution in [3.8, 4) is 0 Å². The average molecular weight is 153 g/mol. The molecule has 3 nitrogen and oxygen atoms in total. The van der Waals surface area contributed by atoms with Crippen LogP contribution in [0.5, 0.6) is 0 Å². The van der Waals surface area contributed by atoms with Gasteiger partial charge in [0.2, 0.25) is 0 Å². The fraction of sp³-hybridized carbons (Fsp3) is 0.375. The van der Waals surface area contributed by atoms with Crippen LogP contribution < -0.4 is 11.5 Å². The summed E-state index contributed by atoms with van der Waals surface area (Å²) in [5, 5.41) is 7.06. The molecular weight excluding hydrogens is 138 g/mol. The first kappa shape index (κ1) is 9.75. The molecule has 5 N–H and O–H groups in total. The molecule has 0 bridgehead atoms. The number of allylic oxidation sites excluding steroid dienone is 4. The largest absolute Gasteiger partial charge is 0.402 e. The molecule has 11 heavy (non-hydrogen) atoms. The fourth-order valence-corrected chi connectivity index (χ4v) is 0.730. The highest BCUT2D eigenvalue weighted by molar-refractivity contribution is 5.83. The zero-order chi connectivity index (χ0) is 9.02. The van der Waals surface area contributed by atoms with Crippen LogP contribution in [0.4, 0.5) is 0 Å². The van der Waals surface area contributed by atoms with E-state index in [0.717, 1.165) is 5.57 Å². The standard InChI is InChI=1S/C8H15N3/c1-5(6(2)10)8(4-9)7(3)11/h4,9H,10-11H2,1-3H3/b6-5-,8-7?,9-4?. The van der Waals surface area contributed by atoms with E-state index in [-0.39, 0.29) is 0 Å². The normalized spacial score (nSPS) is 15.2. The van der Waals surface area contributed by atoms with Gasteiger partial charge < -0.3 is 16.9 Å². The third-order valence-electron chi connectivity index (χ3n) is 1.56. The van der Waals surface area contributed by atoms with Gasteiger partial charge in [0.25, 0.3) is 0 Å². The molecule has 0 aromatic heterocycles. The van der Waals surface area contributed by atoms with Crippen molar-refractivity contribution >= 4 is 6.21 Å². The van der Waals surface area contributed by atoms with Gasteiger partial charge in [0, 0.05) is 23.2 Å². The Morgan fingerprint density at radius 1 is 1.09 bits per heavy atom. The molecule has 0 atom stereocenters. The molecule has 0 spiro atoms. The van der Waals surface area contributed by atoms with E-state index in [9.17, 15) is 0 Å². The van der Waals surface area contributed by atoms with Crippen LogP contribution in [0, 0.1) is 5.41 Å². The molecule has 0 fully saturated rings. The van der Waals surface area contributed by atoms with Crippen molar-refractivity contribution in [3.63, 3.8) is 0 Å². The van der Waals surface area contributed by atoms with Gasteiger partial charge in [-0.3, -0.25) is 0 Å². The van der Waals surface area contributed by atoms with Crippen LogP contribution >= 0.6 is 0 Å². The average Bonchev–Trinajstić information content (AvgIpc) is 1.88. The first-order valence-corrected chi connectivity index (χ1v) is 3.40. The van der Waals surface area contributed by atoms with E-state index in [4.69, 9.17) is 16.9 Å². The van der Waals surface area contributed by atoms with Crippen molar-refractivity contribution < 1.29 is 0 Å². The second-order valence-electron chi connectivity index (χ2n) is 2.55. The Labute approximate surface area is 67.3 Å². The zero-order valence-electron chi connectivity index (χ0n) is 7.23. The number of rotatable bonds is 2. The highest BCUT2D eigenvalue weighted by atomic mass is 14.6. The van der Waals surface area contributed by atoms with Gasteiger partial charge in [0.1, 0.15) is 0 Å². The molecule has 0 unspecified atom stereocenters. The molecule has 0 aliphatic heterocycles. The summed E-state index contributed by atoms with van der Waals surface area (Å²) in [5.74, 6) is 0. The van der Waals surface area contributed by atoms with Crippen molar-refractivity contribution in [2.75, 3.05) is 0 Å². The van der Waals surface area contributed by atoms with Gasteiger partial charge in [-0.2, -0.15) is 0 Å². The lowest BCUT2D eigenvalue weighted by atomic mass is 10.1. The van der Waals surface area contributed by atoms with E-state index >= 15 is 0 Å². The first-order chi connectivity index (χ1) is 5.00. The van der Waals surface area contributed by atoms with Crippen LogP contribution in [0.25, 0.3) is 0 Å². The second-order valence-corrected chi connectivity index (χ2v) is 2.55. The van der Waals surface area contributed by atoms with Gasteiger partial charge in [-0.15, -0.1) is 0 Å². The van der Waals surface area contributed by atoms with E-state index < -0.39 is 0 Å². The molecule has 62 valence electrons. The third-order valence-corrected chi connectivity index (χ3v) is 1.56. The zero-order valence-corrected chi connectivity index (χ0v) is 7.23. The van der Waals surface area contributed by atoms with Crippen LogP contribution in [-0.2, 0) is 0 Å². The van der Waals surface area contributed by atoms with Gasteiger partial charge in [0.05, 0.1) is 0 Å². The minimum absolute atomic E-state index is 0.627. The molecule has 0 aliphatic rings. The highest BCUT2D eigenvalue weighted by Crippen LogP contribution is 2.10. The maximum Gasteiger partial charge on any atom is 0.0270 e. The van der Waals surface area contributed by atoms with Crippen molar-refractivity contribution in [2.45, 2.75) is 20.8 Å². The predicted octanol–water partition coefficient (Wildman–Crippen LogP) is 1.12. The summed E-state index contributed by atoms with van der Waals surface area (Å²) in [4.78, 5) is 0. The number of nitrogens with two attached hydrogens (primary N) is 2. The van der Waals surface area contributed by atoms with Gasteiger partial charge in [-0.1, -0.05) is 0 Å². The van der Waals surface area contributed by atoms with E-state index in [1.807, 2.05) is 6.92 Å². The summed E-state index contributed by atoms with van der Waals surface area (Å²) in [5.41, 5.74) is 14.0. The minimum atomic E-state index is 0.627. The van der Waals surface area contributed by atoms with Crippen LogP contribution in [0.2, 0.25) is 0 Å². The van der Waals surface area contributed by atoms with E-state index in [0.29, 0.717) is 17.0 Å². The van der Waals surface area contributed by atoms with E-state index in [2.05, 4.69) is 0 Å². The molecular formula is C8H15N3. The predicted molar refractivity (Wildman–Crippen MR) is 48.2 cm³/mol. The molecule has 3 heteroatoms. The van der Waals surface area contributed by atoms with E-state index in [1.165, 1.54) is 6.21 Å². The lowest BCUT2D eigenvalue weighted by Crippen LogP contribution is -2.05. The van der Waals surface area contributed by atoms with Gasteiger partial charge in [-0.05, 0) is 26.3 Å². The first-order valence-electron chi connectivity index (χ1n) is 3.40. The quantitative estimate of drug-likeness (QED) is 0.410. The molecule has 0 heterocycles. The molecule has 0 rings (SSSR count). The lowest BCUT2D eigenvalue weighted by molar-refractivity contribution is 1.18. The van der Waals surface area contributed by atoms with Crippen molar-refractivity contribution in [1.82, 2.24) is 0 Å². The van der Waals surface area contributed by atoms with Crippen molar-refractivity contribution in [3.05, 3.63) is 22.5 Å². The molecule has 0 aromatic carbocycles. The molecule has 0 aromatic rings. The fourth-order valence-electron chi connectivity index (χ4n) is 0.730. The lowest BCUT2D eigenvalue weighted by Gasteiger charge is -2.05. The van der Waals surface area contributed by atoms with Crippen LogP contribution in [0.15, 0.2) is 22.5 Å². The Kier molecular flexibility index (Phi) is 3.37. The topological polar surface area (TPSA) is 75.9 Å². The maximum absolute atomic E-state index is 7.06.